The van der Waals surface area contributed by atoms with Crippen LogP contribution in [0.15, 0.2) is 60.8 Å². The number of hydrogen-bond acceptors (Lipinski definition) is 3. The second kappa shape index (κ2) is 6.80. The average molecular weight is 303 g/mol. The van der Waals surface area contributed by atoms with E-state index in [0.29, 0.717) is 17.9 Å². The molecule has 0 aliphatic rings. The van der Waals surface area contributed by atoms with Crippen molar-refractivity contribution >= 4 is 0 Å². The highest BCUT2D eigenvalue weighted by atomic mass is 16.5. The lowest BCUT2D eigenvalue weighted by atomic mass is 10.1. The van der Waals surface area contributed by atoms with E-state index in [0.717, 1.165) is 23.4 Å². The summed E-state index contributed by atoms with van der Waals surface area (Å²) in [6.45, 7) is 2.74. The molecule has 0 bridgehead atoms. The first-order valence-electron chi connectivity index (χ1n) is 7.60. The Bertz CT molecular complexity index is 831. The molecular formula is C19H17N3O. The molecule has 3 aromatic rings. The van der Waals surface area contributed by atoms with Gasteiger partial charge in [-0.15, -0.1) is 0 Å². The second-order valence-corrected chi connectivity index (χ2v) is 5.16. The molecule has 0 fully saturated rings. The minimum absolute atomic E-state index is 0.543. The van der Waals surface area contributed by atoms with Crippen LogP contribution in [0.2, 0.25) is 0 Å². The summed E-state index contributed by atoms with van der Waals surface area (Å²) in [6, 6.07) is 19.7. The summed E-state index contributed by atoms with van der Waals surface area (Å²) in [5.41, 5.74) is 3.01. The van der Waals surface area contributed by atoms with Crippen LogP contribution in [0.1, 0.15) is 18.9 Å². The fraction of sp³-hybridized carbons (Fsp3) is 0.158. The van der Waals surface area contributed by atoms with Crippen LogP contribution in [-0.2, 0) is 0 Å². The third-order valence-corrected chi connectivity index (χ3v) is 3.44. The van der Waals surface area contributed by atoms with Crippen molar-refractivity contribution in [1.82, 2.24) is 9.78 Å². The molecular weight excluding hydrogens is 286 g/mol. The molecule has 23 heavy (non-hydrogen) atoms. The summed E-state index contributed by atoms with van der Waals surface area (Å²) >= 11 is 0. The van der Waals surface area contributed by atoms with Crippen molar-refractivity contribution < 1.29 is 4.74 Å². The number of nitrogens with zero attached hydrogens (tertiary/aromatic N) is 3. The van der Waals surface area contributed by atoms with Crippen LogP contribution >= 0.6 is 0 Å². The van der Waals surface area contributed by atoms with Gasteiger partial charge in [0.05, 0.1) is 17.9 Å². The first-order chi connectivity index (χ1) is 11.3. The van der Waals surface area contributed by atoms with Crippen molar-refractivity contribution in [1.29, 1.82) is 5.26 Å². The van der Waals surface area contributed by atoms with E-state index < -0.39 is 0 Å². The van der Waals surface area contributed by atoms with E-state index in [1.807, 2.05) is 54.6 Å². The number of hydrogen-bond donors (Lipinski definition) is 0. The maximum atomic E-state index is 9.42. The van der Waals surface area contributed by atoms with Gasteiger partial charge in [0.25, 0.3) is 0 Å². The van der Waals surface area contributed by atoms with Crippen LogP contribution in [0.3, 0.4) is 0 Å². The number of benzene rings is 2. The molecule has 3 rings (SSSR count). The Balaban J connectivity index is 2.00. The Hall–Kier alpha value is -3.06. The van der Waals surface area contributed by atoms with Gasteiger partial charge in [0, 0.05) is 11.8 Å². The van der Waals surface area contributed by atoms with Crippen molar-refractivity contribution in [3.8, 4) is 28.8 Å². The zero-order chi connectivity index (χ0) is 16.1. The largest absolute Gasteiger partial charge is 0.494 e. The van der Waals surface area contributed by atoms with Gasteiger partial charge >= 0.3 is 0 Å². The predicted molar refractivity (Wildman–Crippen MR) is 89.5 cm³/mol. The summed E-state index contributed by atoms with van der Waals surface area (Å²) in [7, 11) is 0. The number of aromatic nitrogens is 2. The minimum atomic E-state index is 0.543. The van der Waals surface area contributed by atoms with E-state index in [1.165, 1.54) is 0 Å². The van der Waals surface area contributed by atoms with Crippen LogP contribution < -0.4 is 4.74 Å². The van der Waals surface area contributed by atoms with Crippen LogP contribution in [0.5, 0.6) is 5.75 Å². The maximum absolute atomic E-state index is 9.42. The van der Waals surface area contributed by atoms with E-state index in [2.05, 4.69) is 18.1 Å². The molecule has 114 valence electrons. The zero-order valence-electron chi connectivity index (χ0n) is 12.9. The summed E-state index contributed by atoms with van der Waals surface area (Å²) < 4.78 is 7.39. The monoisotopic (exact) mass is 303 g/mol. The highest BCUT2D eigenvalue weighted by Crippen LogP contribution is 2.26. The van der Waals surface area contributed by atoms with Crippen LogP contribution in [0.25, 0.3) is 16.9 Å². The maximum Gasteiger partial charge on any atom is 0.119 e. The Morgan fingerprint density at radius 2 is 1.96 bits per heavy atom. The Kier molecular flexibility index (Phi) is 4.39. The van der Waals surface area contributed by atoms with Crippen molar-refractivity contribution in [2.24, 2.45) is 0 Å². The lowest BCUT2D eigenvalue weighted by Crippen LogP contribution is -1.96. The van der Waals surface area contributed by atoms with Crippen molar-refractivity contribution in [2.75, 3.05) is 6.61 Å². The first-order valence-corrected chi connectivity index (χ1v) is 7.60. The minimum Gasteiger partial charge on any atom is -0.494 e. The number of nitriles is 1. The Morgan fingerprint density at radius 3 is 2.70 bits per heavy atom. The van der Waals surface area contributed by atoms with Gasteiger partial charge in [-0.2, -0.15) is 10.4 Å². The van der Waals surface area contributed by atoms with Gasteiger partial charge in [-0.3, -0.25) is 0 Å². The molecule has 0 aliphatic heterocycles. The molecule has 0 saturated carbocycles. The van der Waals surface area contributed by atoms with E-state index in [9.17, 15) is 5.26 Å². The van der Waals surface area contributed by atoms with Crippen LogP contribution in [0, 0.1) is 11.3 Å². The molecule has 4 nitrogen and oxygen atoms in total. The fourth-order valence-corrected chi connectivity index (χ4v) is 2.34. The lowest BCUT2D eigenvalue weighted by molar-refractivity contribution is 0.317. The fourth-order valence-electron chi connectivity index (χ4n) is 2.34. The lowest BCUT2D eigenvalue weighted by Gasteiger charge is -2.06. The summed E-state index contributed by atoms with van der Waals surface area (Å²) in [5.74, 6) is 0.794. The third kappa shape index (κ3) is 3.24. The molecule has 0 aliphatic carbocycles. The normalized spacial score (nSPS) is 10.3. The number of para-hydroxylation sites is 1. The standard InChI is InChI=1S/C19H17N3O/c1-2-11-23-18-10-6-7-15(12-18)19-16(13-20)14-22(21-19)17-8-4-3-5-9-17/h3-10,12,14H,2,11H2,1H3. The quantitative estimate of drug-likeness (QED) is 0.709. The van der Waals surface area contributed by atoms with Gasteiger partial charge in [0.1, 0.15) is 17.5 Å². The van der Waals surface area contributed by atoms with Gasteiger partial charge in [-0.1, -0.05) is 37.3 Å². The average Bonchev–Trinajstić information content (AvgIpc) is 3.05. The molecule has 0 spiro atoms. The summed E-state index contributed by atoms with van der Waals surface area (Å²) in [4.78, 5) is 0. The molecule has 0 amide bonds. The van der Waals surface area contributed by atoms with Gasteiger partial charge in [-0.25, -0.2) is 4.68 Å². The van der Waals surface area contributed by atoms with E-state index >= 15 is 0 Å². The highest BCUT2D eigenvalue weighted by Gasteiger charge is 2.12. The van der Waals surface area contributed by atoms with Gasteiger partial charge in [0.2, 0.25) is 0 Å². The molecule has 2 aromatic carbocycles. The van der Waals surface area contributed by atoms with Crippen molar-refractivity contribution in [3.05, 3.63) is 66.4 Å². The molecule has 0 atom stereocenters. The predicted octanol–water partition coefficient (Wildman–Crippen LogP) is 4.20. The molecule has 4 heteroatoms. The van der Waals surface area contributed by atoms with Gasteiger partial charge < -0.3 is 4.74 Å². The Labute approximate surface area is 135 Å². The van der Waals surface area contributed by atoms with Crippen LogP contribution in [0.4, 0.5) is 0 Å². The van der Waals surface area contributed by atoms with E-state index in [1.54, 1.807) is 10.9 Å². The first kappa shape index (κ1) is 14.9. The Morgan fingerprint density at radius 1 is 1.13 bits per heavy atom. The molecule has 0 unspecified atom stereocenters. The zero-order valence-corrected chi connectivity index (χ0v) is 12.9. The second-order valence-electron chi connectivity index (χ2n) is 5.16. The SMILES string of the molecule is CCCOc1cccc(-c2nn(-c3ccccc3)cc2C#N)c1. The molecule has 0 N–H and O–H groups in total. The summed E-state index contributed by atoms with van der Waals surface area (Å²) in [6.07, 6.45) is 2.71. The summed E-state index contributed by atoms with van der Waals surface area (Å²) in [5, 5.41) is 14.0. The van der Waals surface area contributed by atoms with Crippen molar-refractivity contribution in [2.45, 2.75) is 13.3 Å². The molecule has 1 heterocycles. The smallest absolute Gasteiger partial charge is 0.119 e. The third-order valence-electron chi connectivity index (χ3n) is 3.44. The van der Waals surface area contributed by atoms with Crippen LogP contribution in [-0.4, -0.2) is 16.4 Å². The molecule has 0 radical (unpaired) electrons. The topological polar surface area (TPSA) is 50.8 Å². The van der Waals surface area contributed by atoms with E-state index in [4.69, 9.17) is 4.74 Å². The number of ether oxygens (including phenoxy) is 1. The van der Waals surface area contributed by atoms with Gasteiger partial charge in [-0.05, 0) is 30.7 Å². The van der Waals surface area contributed by atoms with E-state index in [-0.39, 0.29) is 0 Å². The number of rotatable bonds is 5. The van der Waals surface area contributed by atoms with Crippen molar-refractivity contribution in [3.63, 3.8) is 0 Å². The van der Waals surface area contributed by atoms with Gasteiger partial charge in [0.15, 0.2) is 0 Å². The highest BCUT2D eigenvalue weighted by molar-refractivity contribution is 5.67. The molecule has 0 saturated heterocycles. The molecule has 1 aromatic heterocycles.